The molecule has 1 aromatic rings. The molecule has 0 atom stereocenters. The highest BCUT2D eigenvalue weighted by Gasteiger charge is 2.25. The fraction of sp³-hybridized carbons (Fsp3) is 0.692. The molecule has 1 rings (SSSR count). The van der Waals surface area contributed by atoms with Gasteiger partial charge in [-0.1, -0.05) is 25.4 Å². The van der Waals surface area contributed by atoms with Gasteiger partial charge in [-0.25, -0.2) is 9.97 Å². The molecule has 0 aliphatic carbocycles. The van der Waals surface area contributed by atoms with Gasteiger partial charge >= 0.3 is 0 Å². The highest BCUT2D eigenvalue weighted by Crippen LogP contribution is 2.29. The van der Waals surface area contributed by atoms with Crippen LogP contribution in [0.3, 0.4) is 0 Å². The minimum atomic E-state index is 0.0630. The normalized spacial score (nSPS) is 11.7. The first-order valence-corrected chi connectivity index (χ1v) is 6.48. The van der Waals surface area contributed by atoms with E-state index in [1.54, 1.807) is 0 Å². The predicted molar refractivity (Wildman–Crippen MR) is 73.9 cm³/mol. The Bertz CT molecular complexity index is 402. The van der Waals surface area contributed by atoms with Gasteiger partial charge in [0.25, 0.3) is 0 Å². The molecule has 0 aliphatic heterocycles. The average Bonchev–Trinajstić information content (AvgIpc) is 2.31. The second-order valence-electron chi connectivity index (χ2n) is 4.96. The summed E-state index contributed by atoms with van der Waals surface area (Å²) in [6, 6.07) is 0. The summed E-state index contributed by atoms with van der Waals surface area (Å²) in [5, 5.41) is 0.561. The largest absolute Gasteiger partial charge is 0.354 e. The van der Waals surface area contributed by atoms with E-state index in [1.165, 1.54) is 0 Å². The molecule has 0 amide bonds. The number of hydrogen-bond donors (Lipinski definition) is 0. The molecule has 0 unspecified atom stereocenters. The molecule has 0 spiro atoms. The van der Waals surface area contributed by atoms with Crippen LogP contribution in [-0.4, -0.2) is 22.6 Å². The van der Waals surface area contributed by atoms with Gasteiger partial charge in [-0.15, -0.1) is 0 Å². The maximum atomic E-state index is 6.16. The van der Waals surface area contributed by atoms with Gasteiger partial charge in [-0.2, -0.15) is 0 Å². The van der Waals surface area contributed by atoms with Crippen molar-refractivity contribution in [2.24, 2.45) is 0 Å². The van der Waals surface area contributed by atoms with Crippen LogP contribution in [0.15, 0.2) is 0 Å². The maximum Gasteiger partial charge on any atom is 0.137 e. The Balaban J connectivity index is 3.25. The van der Waals surface area contributed by atoms with E-state index in [2.05, 4.69) is 42.7 Å². The molecule has 4 heteroatoms. The Kier molecular flexibility index (Phi) is 4.36. The van der Waals surface area contributed by atoms with Crippen LogP contribution in [0.1, 0.15) is 45.5 Å². The fourth-order valence-electron chi connectivity index (χ4n) is 1.53. The van der Waals surface area contributed by atoms with Gasteiger partial charge in [0, 0.05) is 24.6 Å². The Labute approximate surface area is 109 Å². The number of aryl methyl sites for hydroxylation is 1. The lowest BCUT2D eigenvalue weighted by atomic mass is 9.99. The van der Waals surface area contributed by atoms with Crippen molar-refractivity contribution in [3.05, 3.63) is 16.5 Å². The van der Waals surface area contributed by atoms with E-state index < -0.39 is 0 Å². The quantitative estimate of drug-likeness (QED) is 0.770. The van der Waals surface area contributed by atoms with E-state index >= 15 is 0 Å². The van der Waals surface area contributed by atoms with Crippen molar-refractivity contribution in [2.75, 3.05) is 11.9 Å². The summed E-state index contributed by atoms with van der Waals surface area (Å²) in [6.07, 6.45) is 1.85. The van der Waals surface area contributed by atoms with Gasteiger partial charge in [-0.05, 0) is 27.2 Å². The average molecular weight is 256 g/mol. The van der Waals surface area contributed by atoms with Gasteiger partial charge in [0.2, 0.25) is 0 Å². The first-order chi connectivity index (χ1) is 7.83. The minimum Gasteiger partial charge on any atom is -0.354 e. The van der Waals surface area contributed by atoms with Crippen LogP contribution in [0.4, 0.5) is 5.82 Å². The predicted octanol–water partition coefficient (Wildman–Crippen LogP) is 3.63. The zero-order valence-corrected chi connectivity index (χ0v) is 12.4. The van der Waals surface area contributed by atoms with Gasteiger partial charge in [0.15, 0.2) is 0 Å². The minimum absolute atomic E-state index is 0.0630. The van der Waals surface area contributed by atoms with Crippen LogP contribution in [0, 0.1) is 6.92 Å². The molecular weight excluding hydrogens is 234 g/mol. The van der Waals surface area contributed by atoms with Gasteiger partial charge < -0.3 is 4.90 Å². The summed E-state index contributed by atoms with van der Waals surface area (Å²) in [4.78, 5) is 11.1. The molecule has 0 aliphatic rings. The Morgan fingerprint density at radius 2 is 1.82 bits per heavy atom. The first kappa shape index (κ1) is 14.2. The zero-order valence-electron chi connectivity index (χ0n) is 11.6. The number of aromatic nitrogens is 2. The highest BCUT2D eigenvalue weighted by molar-refractivity contribution is 6.30. The van der Waals surface area contributed by atoms with Crippen molar-refractivity contribution in [2.45, 2.75) is 53.0 Å². The zero-order chi connectivity index (χ0) is 13.2. The van der Waals surface area contributed by atoms with E-state index in [0.717, 1.165) is 30.0 Å². The summed E-state index contributed by atoms with van der Waals surface area (Å²) >= 11 is 6.16. The number of anilines is 1. The number of halogens is 1. The highest BCUT2D eigenvalue weighted by atomic mass is 35.5. The number of hydrogen-bond acceptors (Lipinski definition) is 3. The molecule has 1 heterocycles. The molecule has 96 valence electrons. The summed E-state index contributed by atoms with van der Waals surface area (Å²) < 4.78 is 0. The monoisotopic (exact) mass is 255 g/mol. The molecule has 0 aromatic carbocycles. The standard InChI is InChI=1S/C13H22ClN3/c1-7-10-15-11(14)9(3)12(16-10)17(6)13(4,5)8-2/h7-8H2,1-6H3. The van der Waals surface area contributed by atoms with Crippen molar-refractivity contribution in [1.29, 1.82) is 0 Å². The molecule has 1 aromatic heterocycles. The van der Waals surface area contributed by atoms with E-state index in [4.69, 9.17) is 11.6 Å². The number of nitrogens with zero attached hydrogens (tertiary/aromatic N) is 3. The second kappa shape index (κ2) is 5.21. The van der Waals surface area contributed by atoms with Crippen LogP contribution in [-0.2, 0) is 6.42 Å². The molecule has 0 saturated carbocycles. The van der Waals surface area contributed by atoms with Gasteiger partial charge in [0.1, 0.15) is 16.8 Å². The van der Waals surface area contributed by atoms with Gasteiger partial charge in [-0.3, -0.25) is 0 Å². The molecule has 0 saturated heterocycles. The van der Waals surface area contributed by atoms with E-state index in [1.807, 2.05) is 13.8 Å². The lowest BCUT2D eigenvalue weighted by Gasteiger charge is -2.36. The first-order valence-electron chi connectivity index (χ1n) is 6.10. The summed E-state index contributed by atoms with van der Waals surface area (Å²) in [7, 11) is 2.06. The van der Waals surface area contributed by atoms with Crippen molar-refractivity contribution in [3.8, 4) is 0 Å². The van der Waals surface area contributed by atoms with E-state index in [-0.39, 0.29) is 5.54 Å². The summed E-state index contributed by atoms with van der Waals surface area (Å²) in [5.74, 6) is 1.74. The van der Waals surface area contributed by atoms with Crippen molar-refractivity contribution in [1.82, 2.24) is 9.97 Å². The third kappa shape index (κ3) is 2.89. The summed E-state index contributed by atoms with van der Waals surface area (Å²) in [5.41, 5.74) is 1.01. The third-order valence-corrected chi connectivity index (χ3v) is 3.88. The van der Waals surface area contributed by atoms with Crippen LogP contribution < -0.4 is 4.90 Å². The van der Waals surface area contributed by atoms with Crippen LogP contribution >= 0.6 is 11.6 Å². The summed E-state index contributed by atoms with van der Waals surface area (Å²) in [6.45, 7) is 10.6. The maximum absolute atomic E-state index is 6.16. The van der Waals surface area contributed by atoms with Crippen molar-refractivity contribution in [3.63, 3.8) is 0 Å². The molecule has 0 bridgehead atoms. The fourth-order valence-corrected chi connectivity index (χ4v) is 1.71. The van der Waals surface area contributed by atoms with Crippen molar-refractivity contribution >= 4 is 17.4 Å². The SMILES string of the molecule is CCc1nc(Cl)c(C)c(N(C)C(C)(C)CC)n1. The number of rotatable bonds is 4. The van der Waals surface area contributed by atoms with E-state index in [9.17, 15) is 0 Å². The Morgan fingerprint density at radius 1 is 1.24 bits per heavy atom. The Morgan fingerprint density at radius 3 is 2.29 bits per heavy atom. The van der Waals surface area contributed by atoms with Crippen molar-refractivity contribution < 1.29 is 0 Å². The lowest BCUT2D eigenvalue weighted by Crippen LogP contribution is -2.41. The molecule has 0 N–H and O–H groups in total. The van der Waals surface area contributed by atoms with Crippen LogP contribution in [0.25, 0.3) is 0 Å². The molecule has 0 radical (unpaired) electrons. The smallest absolute Gasteiger partial charge is 0.137 e. The lowest BCUT2D eigenvalue weighted by molar-refractivity contribution is 0.465. The van der Waals surface area contributed by atoms with E-state index in [0.29, 0.717) is 5.15 Å². The van der Waals surface area contributed by atoms with Gasteiger partial charge in [0.05, 0.1) is 0 Å². The molecule has 0 fully saturated rings. The molecule has 17 heavy (non-hydrogen) atoms. The third-order valence-electron chi connectivity index (χ3n) is 3.51. The molecule has 3 nitrogen and oxygen atoms in total. The molecular formula is C13H22ClN3. The van der Waals surface area contributed by atoms with Crippen LogP contribution in [0.5, 0.6) is 0 Å². The second-order valence-corrected chi connectivity index (χ2v) is 5.32. The van der Waals surface area contributed by atoms with Crippen LogP contribution in [0.2, 0.25) is 5.15 Å². The topological polar surface area (TPSA) is 29.0 Å². The Hall–Kier alpha value is -0.830.